The summed E-state index contributed by atoms with van der Waals surface area (Å²) in [7, 11) is -2.41. The summed E-state index contributed by atoms with van der Waals surface area (Å²) < 4.78 is 7.05. The van der Waals surface area contributed by atoms with Gasteiger partial charge < -0.3 is 9.22 Å². The highest BCUT2D eigenvalue weighted by molar-refractivity contribution is 6.99. The fourth-order valence-electron chi connectivity index (χ4n) is 5.77. The van der Waals surface area contributed by atoms with Gasteiger partial charge in [-0.2, -0.15) is 0 Å². The molecule has 0 aromatic heterocycles. The van der Waals surface area contributed by atoms with Crippen LogP contribution in [0.15, 0.2) is 60.7 Å². The summed E-state index contributed by atoms with van der Waals surface area (Å²) >= 11 is 0. The van der Waals surface area contributed by atoms with Crippen LogP contribution in [0.5, 0.6) is 0 Å². The largest absolute Gasteiger partial charge is 0.407 e. The number of rotatable bonds is 6. The predicted octanol–water partition coefficient (Wildman–Crippen LogP) is 4.57. The number of benzene rings is 2. The first-order valence-corrected chi connectivity index (χ1v) is 12.5. The van der Waals surface area contributed by atoms with Gasteiger partial charge in [-0.05, 0) is 52.4 Å². The van der Waals surface area contributed by atoms with Crippen LogP contribution in [-0.4, -0.2) is 21.2 Å². The van der Waals surface area contributed by atoms with Crippen LogP contribution in [-0.2, 0) is 9.22 Å². The van der Waals surface area contributed by atoms with Gasteiger partial charge in [-0.15, -0.1) is 0 Å². The Hall–Kier alpha value is -1.71. The highest BCUT2D eigenvalue weighted by atomic mass is 28.4. The number of aldehydes is 1. The molecule has 0 heterocycles. The van der Waals surface area contributed by atoms with Crippen molar-refractivity contribution in [3.63, 3.8) is 0 Å². The maximum absolute atomic E-state index is 11.0. The Bertz CT molecular complexity index is 756. The second kappa shape index (κ2) is 7.27. The molecule has 0 atom stereocenters. The van der Waals surface area contributed by atoms with E-state index in [1.54, 1.807) is 0 Å². The number of hydrogen-bond acceptors (Lipinski definition) is 2. The minimum absolute atomic E-state index is 0.0379. The van der Waals surface area contributed by atoms with Crippen LogP contribution < -0.4 is 10.4 Å². The SMILES string of the molecule is CC(C)(C)[Si](OCC1CC2(CC(C=O)C2)C1)(c1ccccc1)c1ccccc1. The lowest BCUT2D eigenvalue weighted by atomic mass is 9.48. The minimum atomic E-state index is -2.41. The van der Waals surface area contributed by atoms with Crippen molar-refractivity contribution in [2.75, 3.05) is 6.61 Å². The Morgan fingerprint density at radius 2 is 1.43 bits per heavy atom. The van der Waals surface area contributed by atoms with Crippen LogP contribution in [0.4, 0.5) is 0 Å². The lowest BCUT2D eigenvalue weighted by Gasteiger charge is -2.57. The van der Waals surface area contributed by atoms with Crippen LogP contribution >= 0.6 is 0 Å². The zero-order valence-corrected chi connectivity index (χ0v) is 18.4. The van der Waals surface area contributed by atoms with Crippen LogP contribution in [0.2, 0.25) is 5.04 Å². The first-order valence-electron chi connectivity index (χ1n) is 10.6. The maximum atomic E-state index is 11.0. The van der Waals surface area contributed by atoms with E-state index in [0.717, 1.165) is 25.7 Å². The van der Waals surface area contributed by atoms with Gasteiger partial charge >= 0.3 is 0 Å². The van der Waals surface area contributed by atoms with E-state index in [4.69, 9.17) is 4.43 Å². The van der Waals surface area contributed by atoms with Crippen LogP contribution in [0, 0.1) is 17.3 Å². The average molecular weight is 393 g/mol. The van der Waals surface area contributed by atoms with E-state index in [-0.39, 0.29) is 5.04 Å². The maximum Gasteiger partial charge on any atom is 0.261 e. The van der Waals surface area contributed by atoms with Crippen molar-refractivity contribution in [1.29, 1.82) is 0 Å². The Morgan fingerprint density at radius 3 is 1.86 bits per heavy atom. The van der Waals surface area contributed by atoms with Crippen LogP contribution in [0.25, 0.3) is 0 Å². The zero-order valence-electron chi connectivity index (χ0n) is 17.4. The molecule has 2 aliphatic rings. The molecule has 0 aliphatic heterocycles. The molecule has 2 aromatic carbocycles. The molecule has 4 rings (SSSR count). The molecule has 0 N–H and O–H groups in total. The summed E-state index contributed by atoms with van der Waals surface area (Å²) in [6.45, 7) is 7.84. The van der Waals surface area contributed by atoms with Gasteiger partial charge in [-0.3, -0.25) is 0 Å². The molecular formula is C25H32O2Si. The Labute approximate surface area is 170 Å². The van der Waals surface area contributed by atoms with Gasteiger partial charge in [0.2, 0.25) is 0 Å². The molecule has 2 fully saturated rings. The first-order chi connectivity index (χ1) is 13.4. The third-order valence-electron chi connectivity index (χ3n) is 6.98. The van der Waals surface area contributed by atoms with E-state index in [2.05, 4.69) is 81.4 Å². The Kier molecular flexibility index (Phi) is 5.09. The highest BCUT2D eigenvalue weighted by Crippen LogP contribution is 2.60. The van der Waals surface area contributed by atoms with Crippen molar-refractivity contribution in [2.24, 2.45) is 17.3 Å². The standard InChI is InChI=1S/C25H32O2Si/c1-24(2,3)28(22-10-6-4-7-11-22,23-12-8-5-9-13-23)27-19-21-16-25(17-21)14-20(15-25)18-26/h4-13,18,20-21H,14-17,19H2,1-3H3. The summed E-state index contributed by atoms with van der Waals surface area (Å²) in [5.41, 5.74) is 0.463. The van der Waals surface area contributed by atoms with E-state index < -0.39 is 8.32 Å². The third kappa shape index (κ3) is 3.29. The summed E-state index contributed by atoms with van der Waals surface area (Å²) in [5, 5.41) is 2.75. The third-order valence-corrected chi connectivity index (χ3v) is 12.0. The molecule has 2 aromatic rings. The lowest BCUT2D eigenvalue weighted by Crippen LogP contribution is -2.67. The average Bonchev–Trinajstić information content (AvgIpc) is 2.63. The molecule has 3 heteroatoms. The van der Waals surface area contributed by atoms with Gasteiger partial charge in [-0.1, -0.05) is 81.4 Å². The van der Waals surface area contributed by atoms with Crippen molar-refractivity contribution < 1.29 is 9.22 Å². The van der Waals surface area contributed by atoms with Gasteiger partial charge in [0.25, 0.3) is 8.32 Å². The van der Waals surface area contributed by atoms with Crippen molar-refractivity contribution in [2.45, 2.75) is 51.5 Å². The Morgan fingerprint density at radius 1 is 0.929 bits per heavy atom. The fraction of sp³-hybridized carbons (Fsp3) is 0.480. The van der Waals surface area contributed by atoms with Crippen molar-refractivity contribution in [3.05, 3.63) is 60.7 Å². The summed E-state index contributed by atoms with van der Waals surface area (Å²) in [5.74, 6) is 0.952. The normalized spacial score (nSPS) is 27.1. The molecule has 2 saturated carbocycles. The minimum Gasteiger partial charge on any atom is -0.407 e. The zero-order chi connectivity index (χ0) is 19.8. The van der Waals surface area contributed by atoms with Gasteiger partial charge in [0.15, 0.2) is 0 Å². The molecule has 148 valence electrons. The lowest BCUT2D eigenvalue weighted by molar-refractivity contribution is -0.128. The Balaban J connectivity index is 1.58. The monoisotopic (exact) mass is 392 g/mol. The summed E-state index contributed by atoms with van der Waals surface area (Å²) in [4.78, 5) is 11.0. The van der Waals surface area contributed by atoms with E-state index >= 15 is 0 Å². The van der Waals surface area contributed by atoms with E-state index in [1.165, 1.54) is 23.2 Å². The summed E-state index contributed by atoms with van der Waals surface area (Å²) in [6.07, 6.45) is 5.82. The van der Waals surface area contributed by atoms with Gasteiger partial charge in [0.05, 0.1) is 0 Å². The first kappa shape index (κ1) is 19.6. The predicted molar refractivity (Wildman–Crippen MR) is 118 cm³/mol. The molecule has 28 heavy (non-hydrogen) atoms. The molecule has 0 radical (unpaired) electrons. The molecule has 1 spiro atoms. The highest BCUT2D eigenvalue weighted by Gasteiger charge is 2.55. The van der Waals surface area contributed by atoms with Crippen molar-refractivity contribution in [1.82, 2.24) is 0 Å². The molecule has 2 aliphatic carbocycles. The molecule has 2 nitrogen and oxygen atoms in total. The van der Waals surface area contributed by atoms with Gasteiger partial charge in [0.1, 0.15) is 6.29 Å². The smallest absolute Gasteiger partial charge is 0.261 e. The van der Waals surface area contributed by atoms with Gasteiger partial charge in [0, 0.05) is 12.5 Å². The molecule has 0 bridgehead atoms. The second-order valence-electron chi connectivity index (χ2n) is 10.1. The quantitative estimate of drug-likeness (QED) is 0.532. The second-order valence-corrected chi connectivity index (χ2v) is 14.4. The molecule has 0 unspecified atom stereocenters. The molecule has 0 amide bonds. The van der Waals surface area contributed by atoms with E-state index in [1.807, 2.05) is 0 Å². The van der Waals surface area contributed by atoms with E-state index in [9.17, 15) is 4.79 Å². The number of hydrogen-bond donors (Lipinski definition) is 0. The topological polar surface area (TPSA) is 26.3 Å². The fourth-order valence-corrected chi connectivity index (χ4v) is 10.4. The van der Waals surface area contributed by atoms with Crippen molar-refractivity contribution in [3.8, 4) is 0 Å². The van der Waals surface area contributed by atoms with Crippen LogP contribution in [0.3, 0.4) is 0 Å². The molecule has 0 saturated heterocycles. The molecular weight excluding hydrogens is 360 g/mol. The van der Waals surface area contributed by atoms with Crippen molar-refractivity contribution >= 4 is 25.0 Å². The van der Waals surface area contributed by atoms with Crippen LogP contribution in [0.1, 0.15) is 46.5 Å². The van der Waals surface area contributed by atoms with Gasteiger partial charge in [-0.25, -0.2) is 0 Å². The number of carbonyl (C=O) groups excluding carboxylic acids is 1. The summed E-state index contributed by atoms with van der Waals surface area (Å²) in [6, 6.07) is 21.8. The number of carbonyl (C=O) groups is 1. The van der Waals surface area contributed by atoms with E-state index in [0.29, 0.717) is 17.3 Å².